The first-order valence-electron chi connectivity index (χ1n) is 9.60. The number of aryl methyl sites for hydroxylation is 1. The second kappa shape index (κ2) is 8.87. The molecular weight excluding hydrogens is 429 g/mol. The zero-order valence-corrected chi connectivity index (χ0v) is 18.5. The predicted octanol–water partition coefficient (Wildman–Crippen LogP) is 2.69. The number of rotatable bonds is 6. The molecule has 1 aliphatic heterocycles. The Bertz CT molecular complexity index is 1120. The van der Waals surface area contributed by atoms with Gasteiger partial charge in [0.05, 0.1) is 46.8 Å². The van der Waals surface area contributed by atoms with Gasteiger partial charge in [-0.2, -0.15) is 5.10 Å². The van der Waals surface area contributed by atoms with Crippen molar-refractivity contribution in [3.8, 4) is 16.9 Å². The summed E-state index contributed by atoms with van der Waals surface area (Å²) in [5, 5.41) is 7.97. The van der Waals surface area contributed by atoms with Crippen LogP contribution in [0.3, 0.4) is 0 Å². The zero-order valence-electron chi connectivity index (χ0n) is 16.9. The van der Waals surface area contributed by atoms with E-state index in [1.807, 2.05) is 29.3 Å². The molecule has 0 amide bonds. The van der Waals surface area contributed by atoms with Gasteiger partial charge in [0, 0.05) is 24.7 Å². The van der Waals surface area contributed by atoms with E-state index in [4.69, 9.17) is 0 Å². The minimum absolute atomic E-state index is 0. The number of hydrogen-bond acceptors (Lipinski definition) is 5. The van der Waals surface area contributed by atoms with E-state index < -0.39 is 9.84 Å². The predicted molar refractivity (Wildman–Crippen MR) is 117 cm³/mol. The molecule has 3 heterocycles. The molecule has 162 valence electrons. The first-order chi connectivity index (χ1) is 13.8. The number of nitrogens with zero attached hydrogens (tertiary/aromatic N) is 4. The summed E-state index contributed by atoms with van der Waals surface area (Å²) in [5.74, 6) is 0.199. The fourth-order valence-electron chi connectivity index (χ4n) is 3.90. The summed E-state index contributed by atoms with van der Waals surface area (Å²) >= 11 is 0. The van der Waals surface area contributed by atoms with Crippen LogP contribution in [0.4, 0.5) is 4.39 Å². The average Bonchev–Trinajstić information content (AvgIpc) is 3.34. The monoisotopic (exact) mass is 453 g/mol. The van der Waals surface area contributed by atoms with Gasteiger partial charge in [-0.05, 0) is 44.5 Å². The lowest BCUT2D eigenvalue weighted by atomic mass is 10.1. The molecule has 1 saturated heterocycles. The maximum atomic E-state index is 13.3. The molecule has 1 fully saturated rings. The lowest BCUT2D eigenvalue weighted by molar-refractivity contribution is 0.521. The summed E-state index contributed by atoms with van der Waals surface area (Å²) in [6, 6.07) is 6.27. The van der Waals surface area contributed by atoms with Crippen LogP contribution in [0.25, 0.3) is 16.9 Å². The molecule has 3 aromatic rings. The normalized spacial score (nSPS) is 17.8. The summed E-state index contributed by atoms with van der Waals surface area (Å²) in [5.41, 5.74) is 4.56. The van der Waals surface area contributed by atoms with E-state index in [0.29, 0.717) is 19.5 Å². The molecule has 1 unspecified atom stereocenters. The lowest BCUT2D eigenvalue weighted by Gasteiger charge is -2.13. The maximum Gasteiger partial charge on any atom is 0.151 e. The van der Waals surface area contributed by atoms with Crippen molar-refractivity contribution in [3.63, 3.8) is 0 Å². The quantitative estimate of drug-likeness (QED) is 0.620. The van der Waals surface area contributed by atoms with Gasteiger partial charge in [-0.3, -0.25) is 0 Å². The number of hydrogen-bond donors (Lipinski definition) is 1. The molecule has 30 heavy (non-hydrogen) atoms. The third-order valence-corrected chi connectivity index (χ3v) is 7.12. The van der Waals surface area contributed by atoms with Gasteiger partial charge in [-0.25, -0.2) is 22.5 Å². The van der Waals surface area contributed by atoms with Crippen LogP contribution in [0, 0.1) is 19.7 Å². The van der Waals surface area contributed by atoms with Crippen molar-refractivity contribution < 1.29 is 12.8 Å². The summed E-state index contributed by atoms with van der Waals surface area (Å²) in [4.78, 5) is 4.30. The minimum atomic E-state index is -2.88. The molecule has 0 radical (unpaired) electrons. The summed E-state index contributed by atoms with van der Waals surface area (Å²) < 4.78 is 40.3. The Hall–Kier alpha value is -2.23. The molecule has 10 heteroatoms. The van der Waals surface area contributed by atoms with Crippen LogP contribution in [0.2, 0.25) is 0 Å². The molecule has 4 rings (SSSR count). The Labute approximate surface area is 181 Å². The van der Waals surface area contributed by atoms with Crippen molar-refractivity contribution in [2.75, 3.05) is 18.1 Å². The van der Waals surface area contributed by atoms with E-state index in [-0.39, 0.29) is 35.8 Å². The van der Waals surface area contributed by atoms with E-state index in [9.17, 15) is 12.8 Å². The fraction of sp³-hybridized carbons (Fsp3) is 0.400. The van der Waals surface area contributed by atoms with Gasteiger partial charge in [0.2, 0.25) is 0 Å². The molecule has 1 aromatic carbocycles. The van der Waals surface area contributed by atoms with Crippen molar-refractivity contribution in [2.45, 2.75) is 32.9 Å². The Morgan fingerprint density at radius 1 is 1.23 bits per heavy atom. The molecular formula is C20H25ClFN5O2S. The number of halogens is 2. The van der Waals surface area contributed by atoms with Gasteiger partial charge in [0.15, 0.2) is 9.84 Å². The van der Waals surface area contributed by atoms with Gasteiger partial charge >= 0.3 is 0 Å². The van der Waals surface area contributed by atoms with Crippen molar-refractivity contribution in [1.29, 1.82) is 0 Å². The second-order valence-electron chi connectivity index (χ2n) is 7.46. The highest BCUT2D eigenvalue weighted by Gasteiger charge is 2.27. The summed E-state index contributed by atoms with van der Waals surface area (Å²) in [6.07, 6.45) is 4.25. The first-order valence-corrected chi connectivity index (χ1v) is 11.4. The second-order valence-corrected chi connectivity index (χ2v) is 9.69. The van der Waals surface area contributed by atoms with Crippen LogP contribution in [-0.2, 0) is 16.4 Å². The highest BCUT2D eigenvalue weighted by molar-refractivity contribution is 7.91. The lowest BCUT2D eigenvalue weighted by Crippen LogP contribution is -2.32. The summed E-state index contributed by atoms with van der Waals surface area (Å²) in [6.45, 7) is 5.26. The van der Waals surface area contributed by atoms with Crippen LogP contribution >= 0.6 is 12.4 Å². The van der Waals surface area contributed by atoms with Gasteiger partial charge in [-0.1, -0.05) is 0 Å². The molecule has 2 aromatic heterocycles. The van der Waals surface area contributed by atoms with Crippen LogP contribution in [-0.4, -0.2) is 51.8 Å². The standard InChI is InChI=1S/C20H24FN5O2S.ClH/c1-14-20(15(2)26(24-14)18-5-3-16(21)4-6-18)19-11-22-13-25(19)9-8-23-17-7-10-29(27,28)12-17;/h3-6,11,13,17,23H,7-10,12H2,1-2H3;1H. The third-order valence-electron chi connectivity index (χ3n) is 5.35. The van der Waals surface area contributed by atoms with Crippen molar-refractivity contribution >= 4 is 22.2 Å². The van der Waals surface area contributed by atoms with Crippen LogP contribution in [0.15, 0.2) is 36.8 Å². The van der Waals surface area contributed by atoms with E-state index in [1.54, 1.807) is 18.5 Å². The van der Waals surface area contributed by atoms with Crippen molar-refractivity contribution in [3.05, 3.63) is 54.0 Å². The summed E-state index contributed by atoms with van der Waals surface area (Å²) in [7, 11) is -2.88. The van der Waals surface area contributed by atoms with Crippen LogP contribution in [0.5, 0.6) is 0 Å². The molecule has 0 aliphatic carbocycles. The molecule has 7 nitrogen and oxygen atoms in total. The van der Waals surface area contributed by atoms with Crippen LogP contribution in [0.1, 0.15) is 17.8 Å². The first kappa shape index (κ1) is 22.5. The number of imidazole rings is 1. The maximum absolute atomic E-state index is 13.3. The Morgan fingerprint density at radius 3 is 2.63 bits per heavy atom. The van der Waals surface area contributed by atoms with Gasteiger partial charge in [0.25, 0.3) is 0 Å². The largest absolute Gasteiger partial charge is 0.329 e. The number of aromatic nitrogens is 4. The molecule has 1 aliphatic rings. The van der Waals surface area contributed by atoms with Gasteiger partial charge in [-0.15, -0.1) is 12.4 Å². The van der Waals surface area contributed by atoms with Crippen molar-refractivity contribution in [1.82, 2.24) is 24.6 Å². The number of nitrogens with one attached hydrogen (secondary N) is 1. The SMILES string of the molecule is Cc1nn(-c2ccc(F)cc2)c(C)c1-c1cncn1CCNC1CCS(=O)(=O)C1.Cl. The third kappa shape index (κ3) is 4.58. The topological polar surface area (TPSA) is 81.8 Å². The molecule has 0 bridgehead atoms. The van der Waals surface area contributed by atoms with Crippen LogP contribution < -0.4 is 5.32 Å². The smallest absolute Gasteiger partial charge is 0.151 e. The van der Waals surface area contributed by atoms with E-state index in [0.717, 1.165) is 28.3 Å². The minimum Gasteiger partial charge on any atom is -0.329 e. The highest BCUT2D eigenvalue weighted by Crippen LogP contribution is 2.28. The molecule has 0 spiro atoms. The Morgan fingerprint density at radius 2 is 1.97 bits per heavy atom. The zero-order chi connectivity index (χ0) is 20.6. The van der Waals surface area contributed by atoms with Gasteiger partial charge < -0.3 is 9.88 Å². The van der Waals surface area contributed by atoms with Crippen molar-refractivity contribution in [2.24, 2.45) is 0 Å². The molecule has 0 saturated carbocycles. The van der Waals surface area contributed by atoms with E-state index in [1.165, 1.54) is 12.1 Å². The molecule has 1 atom stereocenters. The molecule has 1 N–H and O–H groups in total. The van der Waals surface area contributed by atoms with Gasteiger partial charge in [0.1, 0.15) is 5.82 Å². The highest BCUT2D eigenvalue weighted by atomic mass is 35.5. The Kier molecular flexibility index (Phi) is 6.64. The van der Waals surface area contributed by atoms with E-state index in [2.05, 4.69) is 15.4 Å². The number of sulfone groups is 1. The van der Waals surface area contributed by atoms with E-state index >= 15 is 0 Å². The fourth-order valence-corrected chi connectivity index (χ4v) is 5.61. The Balaban J connectivity index is 0.00000256. The number of benzene rings is 1. The average molecular weight is 454 g/mol.